The highest BCUT2D eigenvalue weighted by Crippen LogP contribution is 2.28. The molecule has 2 aliphatic carbocycles. The number of aryl methyl sites for hydroxylation is 15. The molecular weight excluding hydrogens is 1280 g/mol. The summed E-state index contributed by atoms with van der Waals surface area (Å²) in [5, 5.41) is 0. The molecule has 0 N–H and O–H groups in total. The molecule has 3 radical (unpaired) electrons. The molecule has 0 aromatic heterocycles. The molecule has 2 aliphatic rings. The minimum Gasteiger partial charge on any atom is -0.207 e. The van der Waals surface area contributed by atoms with E-state index in [0.29, 0.717) is 44.5 Å². The molecule has 0 nitrogen and oxygen atoms in total. The number of benzene rings is 9. The summed E-state index contributed by atoms with van der Waals surface area (Å²) in [7, 11) is 0. The first-order valence-corrected chi connectivity index (χ1v) is 34.1. The Kier molecular flexibility index (Phi) is 44.4. The highest BCUT2D eigenvalue weighted by Gasteiger charge is 2.15. The van der Waals surface area contributed by atoms with Crippen LogP contribution in [0.2, 0.25) is 0 Å². The van der Waals surface area contributed by atoms with Gasteiger partial charge in [-0.15, -0.1) is 0 Å². The third-order valence-corrected chi connectivity index (χ3v) is 16.8. The first-order valence-electron chi connectivity index (χ1n) is 34.1. The lowest BCUT2D eigenvalue weighted by Crippen LogP contribution is -2.08. The number of hydrogen-bond donors (Lipinski definition) is 0. The molecule has 100 heavy (non-hydrogen) atoms. The standard InChI is InChI=1S/4C8H8F2.3C8H9F.2C8H16.2C8H10.B/c3*1-5-3-7(9)6(2)8(10)4-5;1-5-3-4-6(2)8(10)7(5)9;3*1-6-3-4-7(2)8(9)5-6;4*1-7-3-5-8(2)6-4-7;/h4*3-4H,1-2H3;3*3-5H,1-2H3;2*7-8H,3-6H2,1-2H3;2*3-6H,1-2H3;. The highest BCUT2D eigenvalue weighted by atomic mass is 19.2. The quantitative estimate of drug-likeness (QED) is 0.105. The predicted octanol–water partition coefficient (Wildman–Crippen LogP) is 27.5. The average molecular weight is 1390 g/mol. The molecule has 11 rings (SSSR count). The van der Waals surface area contributed by atoms with E-state index in [1.165, 1.54) is 163 Å². The lowest BCUT2D eigenvalue weighted by Gasteiger charge is -2.22. The summed E-state index contributed by atoms with van der Waals surface area (Å²) in [4.78, 5) is 0. The van der Waals surface area contributed by atoms with Crippen LogP contribution < -0.4 is 0 Å². The van der Waals surface area contributed by atoms with E-state index in [4.69, 9.17) is 0 Å². The van der Waals surface area contributed by atoms with Crippen molar-refractivity contribution in [2.45, 2.75) is 204 Å². The first kappa shape index (κ1) is 92.3. The fourth-order valence-corrected chi connectivity index (χ4v) is 9.28. The molecule has 0 aliphatic heterocycles. The van der Waals surface area contributed by atoms with Crippen molar-refractivity contribution in [2.75, 3.05) is 0 Å². The number of halogens is 11. The van der Waals surface area contributed by atoms with Gasteiger partial charge in [0.25, 0.3) is 0 Å². The third-order valence-electron chi connectivity index (χ3n) is 16.8. The summed E-state index contributed by atoms with van der Waals surface area (Å²) in [6.07, 6.45) is 11.8. The van der Waals surface area contributed by atoms with Crippen LogP contribution in [-0.4, -0.2) is 8.41 Å². The summed E-state index contributed by atoms with van der Waals surface area (Å²) in [5.74, 6) is -0.588. The van der Waals surface area contributed by atoms with Crippen LogP contribution in [0.4, 0.5) is 48.3 Å². The van der Waals surface area contributed by atoms with Crippen LogP contribution >= 0.6 is 0 Å². The van der Waals surface area contributed by atoms with Gasteiger partial charge in [0.05, 0.1) is 0 Å². The van der Waals surface area contributed by atoms with E-state index in [1.807, 2.05) is 39.0 Å². The van der Waals surface area contributed by atoms with Crippen molar-refractivity contribution in [1.29, 1.82) is 0 Å². The topological polar surface area (TPSA) is 0 Å². The third kappa shape index (κ3) is 38.7. The van der Waals surface area contributed by atoms with E-state index >= 15 is 0 Å². The molecule has 0 heterocycles. The minimum atomic E-state index is -0.736. The van der Waals surface area contributed by atoms with Crippen molar-refractivity contribution in [2.24, 2.45) is 23.7 Å². The monoisotopic (exact) mass is 1390 g/mol. The predicted molar refractivity (Wildman–Crippen MR) is 402 cm³/mol. The Morgan fingerprint density at radius 3 is 0.480 bits per heavy atom. The molecule has 2 saturated carbocycles. The molecule has 0 amide bonds. The minimum absolute atomic E-state index is 0. The van der Waals surface area contributed by atoms with Gasteiger partial charge in [0.1, 0.15) is 52.4 Å². The van der Waals surface area contributed by atoms with Crippen LogP contribution in [0.5, 0.6) is 0 Å². The summed E-state index contributed by atoms with van der Waals surface area (Å²) >= 11 is 0. The first-order chi connectivity index (χ1) is 46.2. The van der Waals surface area contributed by atoms with Crippen LogP contribution in [0, 0.1) is 212 Å². The Labute approximate surface area is 596 Å². The van der Waals surface area contributed by atoms with Crippen molar-refractivity contribution >= 4 is 8.41 Å². The fourth-order valence-electron chi connectivity index (χ4n) is 9.28. The molecule has 0 saturated heterocycles. The van der Waals surface area contributed by atoms with Crippen LogP contribution in [0.1, 0.15) is 179 Å². The van der Waals surface area contributed by atoms with Gasteiger partial charge < -0.3 is 0 Å². The van der Waals surface area contributed by atoms with Crippen LogP contribution in [-0.2, 0) is 0 Å². The van der Waals surface area contributed by atoms with Crippen LogP contribution in [0.3, 0.4) is 0 Å². The van der Waals surface area contributed by atoms with Crippen molar-refractivity contribution in [3.63, 3.8) is 0 Å². The second-order valence-electron chi connectivity index (χ2n) is 27.2. The average Bonchev–Trinajstić information content (AvgIpc) is 0.885. The van der Waals surface area contributed by atoms with E-state index in [0.717, 1.165) is 40.4 Å². The number of hydrogen-bond acceptors (Lipinski definition) is 0. The number of rotatable bonds is 0. The zero-order chi connectivity index (χ0) is 75.4. The van der Waals surface area contributed by atoms with Gasteiger partial charge in [0.15, 0.2) is 11.6 Å². The zero-order valence-electron chi connectivity index (χ0n) is 63.6. The lowest BCUT2D eigenvalue weighted by molar-refractivity contribution is 0.308. The van der Waals surface area contributed by atoms with Crippen molar-refractivity contribution < 1.29 is 48.3 Å². The van der Waals surface area contributed by atoms with E-state index in [2.05, 4.69) is 104 Å². The summed E-state index contributed by atoms with van der Waals surface area (Å²) in [6.45, 7) is 41.1. The van der Waals surface area contributed by atoms with Gasteiger partial charge in [0.2, 0.25) is 0 Å². The Morgan fingerprint density at radius 1 is 0.190 bits per heavy atom. The maximum Gasteiger partial charge on any atom is 0.161 e. The molecule has 0 atom stereocenters. The Bertz CT molecular complexity index is 3330. The SMILES string of the molecule is CC1CCC(C)CC1.CC1CCC(C)CC1.Cc1cc(F)c(C)c(F)c1.Cc1cc(F)c(C)c(F)c1.Cc1cc(F)c(C)c(F)c1.Cc1ccc(C)c(F)c1.Cc1ccc(C)c(F)c1.Cc1ccc(C)c(F)c1.Cc1ccc(C)c(F)c1F.Cc1ccc(C)cc1.Cc1ccc(C)cc1.[B]. The second-order valence-corrected chi connectivity index (χ2v) is 27.2. The molecule has 9 aromatic carbocycles. The largest absolute Gasteiger partial charge is 0.207 e. The molecule has 9 aromatic rings. The normalized spacial score (nSPS) is 14.4. The molecule has 2 fully saturated rings. The van der Waals surface area contributed by atoms with Crippen molar-refractivity contribution in [1.82, 2.24) is 0 Å². The highest BCUT2D eigenvalue weighted by molar-refractivity contribution is 5.75. The maximum absolute atomic E-state index is 12.6. The lowest BCUT2D eigenvalue weighted by atomic mass is 9.84. The Hall–Kier alpha value is -7.73. The summed E-state index contributed by atoms with van der Waals surface area (Å²) < 4.78 is 139. The van der Waals surface area contributed by atoms with Gasteiger partial charge in [-0.05, 0) is 264 Å². The maximum atomic E-state index is 12.6. The molecule has 0 unspecified atom stereocenters. The molecular formula is C88H111BF11. The Balaban J connectivity index is 0.00000108. The van der Waals surface area contributed by atoms with Gasteiger partial charge >= 0.3 is 0 Å². The van der Waals surface area contributed by atoms with Gasteiger partial charge in [-0.25, -0.2) is 48.3 Å². The van der Waals surface area contributed by atoms with E-state index in [-0.39, 0.29) is 42.6 Å². The van der Waals surface area contributed by atoms with Gasteiger partial charge in [-0.1, -0.05) is 198 Å². The second kappa shape index (κ2) is 48.2. The van der Waals surface area contributed by atoms with Crippen molar-refractivity contribution in [3.8, 4) is 0 Å². The fraction of sp³-hybridized carbons (Fsp3) is 0.386. The van der Waals surface area contributed by atoms with E-state index in [9.17, 15) is 48.3 Å². The van der Waals surface area contributed by atoms with Gasteiger partial charge in [-0.2, -0.15) is 0 Å². The molecule has 543 valence electrons. The smallest absolute Gasteiger partial charge is 0.161 e. The summed E-state index contributed by atoms with van der Waals surface area (Å²) in [5.41, 5.74) is 13.2. The van der Waals surface area contributed by atoms with Crippen LogP contribution in [0.25, 0.3) is 0 Å². The summed E-state index contributed by atoms with van der Waals surface area (Å²) in [6, 6.07) is 43.7. The molecule has 0 spiro atoms. The van der Waals surface area contributed by atoms with Gasteiger partial charge in [-0.3, -0.25) is 0 Å². The zero-order valence-corrected chi connectivity index (χ0v) is 63.6. The van der Waals surface area contributed by atoms with E-state index in [1.54, 1.807) is 71.9 Å². The van der Waals surface area contributed by atoms with Crippen molar-refractivity contribution in [3.05, 3.63) is 316 Å². The van der Waals surface area contributed by atoms with Gasteiger partial charge in [0, 0.05) is 25.1 Å². The van der Waals surface area contributed by atoms with E-state index < -0.39 is 46.5 Å². The molecule has 0 bridgehead atoms. The Morgan fingerprint density at radius 2 is 0.330 bits per heavy atom. The van der Waals surface area contributed by atoms with Crippen LogP contribution in [0.15, 0.2) is 152 Å². The molecule has 12 heteroatoms.